The highest BCUT2D eigenvalue weighted by molar-refractivity contribution is 6.30. The Morgan fingerprint density at radius 1 is 1.17 bits per heavy atom. The molecule has 2 aromatic rings. The Kier molecular flexibility index (Phi) is 4.58. The lowest BCUT2D eigenvalue weighted by Gasteiger charge is -2.39. The van der Waals surface area contributed by atoms with Crippen molar-refractivity contribution < 1.29 is 9.59 Å². The van der Waals surface area contributed by atoms with Gasteiger partial charge in [0.05, 0.1) is 0 Å². The van der Waals surface area contributed by atoms with Crippen LogP contribution in [0.2, 0.25) is 5.02 Å². The molecule has 3 rings (SSSR count). The summed E-state index contributed by atoms with van der Waals surface area (Å²) in [7, 11) is 0. The zero-order chi connectivity index (χ0) is 17.3. The van der Waals surface area contributed by atoms with E-state index in [1.807, 2.05) is 44.2 Å². The first kappa shape index (κ1) is 16.5. The molecule has 0 spiro atoms. The van der Waals surface area contributed by atoms with Gasteiger partial charge in [-0.05, 0) is 50.2 Å². The van der Waals surface area contributed by atoms with Crippen LogP contribution >= 0.6 is 11.6 Å². The number of hydrogen-bond acceptors (Lipinski definition) is 2. The molecule has 0 aromatic heterocycles. The first-order valence-corrected chi connectivity index (χ1v) is 8.27. The second kappa shape index (κ2) is 6.65. The summed E-state index contributed by atoms with van der Waals surface area (Å²) in [6.07, 6.45) is 0. The molecule has 2 amide bonds. The first-order chi connectivity index (χ1) is 11.5. The molecule has 24 heavy (non-hydrogen) atoms. The van der Waals surface area contributed by atoms with E-state index in [0.717, 1.165) is 11.3 Å². The maximum absolute atomic E-state index is 12.7. The van der Waals surface area contributed by atoms with Gasteiger partial charge in [-0.15, -0.1) is 0 Å². The fourth-order valence-electron chi connectivity index (χ4n) is 2.94. The fourth-order valence-corrected chi connectivity index (χ4v) is 3.06. The predicted octanol–water partition coefficient (Wildman–Crippen LogP) is 3.53. The van der Waals surface area contributed by atoms with Gasteiger partial charge in [0.25, 0.3) is 5.91 Å². The molecular weight excluding hydrogens is 324 g/mol. The van der Waals surface area contributed by atoms with Gasteiger partial charge in [0.2, 0.25) is 5.91 Å². The third-order valence-corrected chi connectivity index (χ3v) is 4.50. The van der Waals surface area contributed by atoms with Gasteiger partial charge in [0.15, 0.2) is 0 Å². The van der Waals surface area contributed by atoms with Crippen LogP contribution in [0.5, 0.6) is 0 Å². The number of piperazine rings is 1. The summed E-state index contributed by atoms with van der Waals surface area (Å²) in [5, 5.41) is 0.632. The smallest absolute Gasteiger partial charge is 0.254 e. The van der Waals surface area contributed by atoms with Crippen LogP contribution in [0.3, 0.4) is 0 Å². The van der Waals surface area contributed by atoms with E-state index in [2.05, 4.69) is 0 Å². The topological polar surface area (TPSA) is 40.6 Å². The van der Waals surface area contributed by atoms with Gasteiger partial charge in [-0.3, -0.25) is 9.59 Å². The second-order valence-corrected chi connectivity index (χ2v) is 6.57. The molecule has 1 aliphatic rings. The van der Waals surface area contributed by atoms with Gasteiger partial charge in [0, 0.05) is 28.9 Å². The van der Waals surface area contributed by atoms with Crippen LogP contribution in [0.4, 0.5) is 5.69 Å². The lowest BCUT2D eigenvalue weighted by Crippen LogP contribution is -2.57. The Morgan fingerprint density at radius 2 is 1.88 bits per heavy atom. The highest BCUT2D eigenvalue weighted by Crippen LogP contribution is 2.23. The number of aryl methyl sites for hydroxylation is 1. The number of halogens is 1. The lowest BCUT2D eigenvalue weighted by molar-refractivity contribution is -0.121. The molecule has 1 fully saturated rings. The molecule has 124 valence electrons. The van der Waals surface area contributed by atoms with Crippen molar-refractivity contribution in [3.8, 4) is 0 Å². The molecule has 0 bridgehead atoms. The molecule has 0 saturated carbocycles. The molecular formula is C19H19ClN2O2. The maximum atomic E-state index is 12.7. The van der Waals surface area contributed by atoms with Crippen molar-refractivity contribution in [2.24, 2.45) is 0 Å². The number of nitrogens with zero attached hydrogens (tertiary/aromatic N) is 2. The second-order valence-electron chi connectivity index (χ2n) is 6.13. The number of carbonyl (C=O) groups is 2. The standard InChI is InChI=1S/C19H19ClN2O2/c1-13-4-3-5-15(10-13)19(24)21-12-18(23)22(11-14(21)2)17-8-6-16(20)7-9-17/h3-10,14H,11-12H2,1-2H3/t14-/m0/s1. The minimum Gasteiger partial charge on any atom is -0.325 e. The Morgan fingerprint density at radius 3 is 2.54 bits per heavy atom. The minimum absolute atomic E-state index is 0.0635. The van der Waals surface area contributed by atoms with Crippen LogP contribution < -0.4 is 4.90 Å². The summed E-state index contributed by atoms with van der Waals surface area (Å²) in [6.45, 7) is 4.46. The average molecular weight is 343 g/mol. The number of benzene rings is 2. The summed E-state index contributed by atoms with van der Waals surface area (Å²) < 4.78 is 0. The van der Waals surface area contributed by atoms with E-state index >= 15 is 0 Å². The van der Waals surface area contributed by atoms with Gasteiger partial charge in [0.1, 0.15) is 6.54 Å². The van der Waals surface area contributed by atoms with Crippen molar-refractivity contribution in [1.29, 1.82) is 0 Å². The molecule has 1 atom stereocenters. The van der Waals surface area contributed by atoms with Crippen LogP contribution in [0.15, 0.2) is 48.5 Å². The van der Waals surface area contributed by atoms with Gasteiger partial charge in [-0.25, -0.2) is 0 Å². The van der Waals surface area contributed by atoms with Gasteiger partial charge < -0.3 is 9.80 Å². The van der Waals surface area contributed by atoms with Crippen molar-refractivity contribution in [3.05, 3.63) is 64.7 Å². The van der Waals surface area contributed by atoms with Crippen LogP contribution in [0.1, 0.15) is 22.8 Å². The van der Waals surface area contributed by atoms with Crippen molar-refractivity contribution in [1.82, 2.24) is 4.90 Å². The summed E-state index contributed by atoms with van der Waals surface area (Å²) in [6, 6.07) is 14.6. The molecule has 0 N–H and O–H groups in total. The number of amides is 2. The zero-order valence-corrected chi connectivity index (χ0v) is 14.5. The summed E-state index contributed by atoms with van der Waals surface area (Å²) in [5.74, 6) is -0.188. The van der Waals surface area contributed by atoms with Crippen molar-refractivity contribution in [2.45, 2.75) is 19.9 Å². The Labute approximate surface area is 146 Å². The summed E-state index contributed by atoms with van der Waals surface area (Å²) in [5.41, 5.74) is 2.45. The third-order valence-electron chi connectivity index (χ3n) is 4.25. The highest BCUT2D eigenvalue weighted by Gasteiger charge is 2.33. The highest BCUT2D eigenvalue weighted by atomic mass is 35.5. The lowest BCUT2D eigenvalue weighted by atomic mass is 10.1. The molecule has 0 radical (unpaired) electrons. The Hall–Kier alpha value is -2.33. The maximum Gasteiger partial charge on any atom is 0.254 e. The van der Waals surface area contributed by atoms with Gasteiger partial charge >= 0.3 is 0 Å². The molecule has 1 saturated heterocycles. The van der Waals surface area contributed by atoms with E-state index in [-0.39, 0.29) is 24.4 Å². The number of hydrogen-bond donors (Lipinski definition) is 0. The monoisotopic (exact) mass is 342 g/mol. The molecule has 0 unspecified atom stereocenters. The van der Waals surface area contributed by atoms with Gasteiger partial charge in [-0.2, -0.15) is 0 Å². The molecule has 5 heteroatoms. The quantitative estimate of drug-likeness (QED) is 0.837. The van der Waals surface area contributed by atoms with Crippen molar-refractivity contribution in [3.63, 3.8) is 0 Å². The van der Waals surface area contributed by atoms with E-state index in [9.17, 15) is 9.59 Å². The summed E-state index contributed by atoms with van der Waals surface area (Å²) >= 11 is 5.90. The molecule has 0 aliphatic carbocycles. The molecule has 4 nitrogen and oxygen atoms in total. The number of carbonyl (C=O) groups excluding carboxylic acids is 2. The largest absolute Gasteiger partial charge is 0.325 e. The molecule has 2 aromatic carbocycles. The van der Waals surface area contributed by atoms with Crippen LogP contribution in [0.25, 0.3) is 0 Å². The zero-order valence-electron chi connectivity index (χ0n) is 13.7. The fraction of sp³-hybridized carbons (Fsp3) is 0.263. The summed E-state index contributed by atoms with van der Waals surface area (Å²) in [4.78, 5) is 28.6. The van der Waals surface area contributed by atoms with Gasteiger partial charge in [-0.1, -0.05) is 29.3 Å². The molecule has 1 aliphatic heterocycles. The van der Waals surface area contributed by atoms with Crippen LogP contribution in [-0.2, 0) is 4.79 Å². The average Bonchev–Trinajstić information content (AvgIpc) is 2.57. The van der Waals surface area contributed by atoms with Crippen molar-refractivity contribution in [2.75, 3.05) is 18.0 Å². The Bertz CT molecular complexity index is 773. The van der Waals surface area contributed by atoms with Crippen LogP contribution in [-0.4, -0.2) is 35.8 Å². The minimum atomic E-state index is -0.102. The predicted molar refractivity (Wildman–Crippen MR) is 95.5 cm³/mol. The van der Waals surface area contributed by atoms with E-state index in [0.29, 0.717) is 17.1 Å². The van der Waals surface area contributed by atoms with Crippen LogP contribution in [0, 0.1) is 6.92 Å². The third kappa shape index (κ3) is 3.29. The van der Waals surface area contributed by atoms with E-state index < -0.39 is 0 Å². The van der Waals surface area contributed by atoms with Crippen molar-refractivity contribution >= 4 is 29.1 Å². The van der Waals surface area contributed by atoms with E-state index in [1.165, 1.54) is 0 Å². The number of anilines is 1. The normalized spacial score (nSPS) is 18.0. The molecule has 1 heterocycles. The first-order valence-electron chi connectivity index (χ1n) is 7.89. The van der Waals surface area contributed by atoms with E-state index in [1.54, 1.807) is 28.0 Å². The van der Waals surface area contributed by atoms with E-state index in [4.69, 9.17) is 11.6 Å². The Balaban J connectivity index is 1.79. The SMILES string of the molecule is Cc1cccc(C(=O)N2CC(=O)N(c3ccc(Cl)cc3)C[C@@H]2C)c1. The number of rotatable bonds is 2.